The molecule has 0 spiro atoms. The number of carbonyl (C=O) groups excluding carboxylic acids is 5. The number of thioether (sulfide) groups is 1. The van der Waals surface area contributed by atoms with E-state index in [1.54, 1.807) is 6.26 Å². The molecule has 2 heterocycles. The summed E-state index contributed by atoms with van der Waals surface area (Å²) in [6.45, 7) is 4.01. The van der Waals surface area contributed by atoms with Gasteiger partial charge in [-0.25, -0.2) is 9.78 Å². The van der Waals surface area contributed by atoms with Gasteiger partial charge in [-0.05, 0) is 12.3 Å². The largest absolute Gasteiger partial charge is 0.466 e. The third-order valence-corrected chi connectivity index (χ3v) is 6.05. The number of anilines is 1. The Bertz CT molecular complexity index is 1230. The first-order valence-electron chi connectivity index (χ1n) is 11.8. The molecule has 0 radical (unpaired) electrons. The molecule has 15 nitrogen and oxygen atoms in total. The summed E-state index contributed by atoms with van der Waals surface area (Å²) in [5.74, 6) is -3.88. The number of nitrogens with one attached hydrogen (secondary N) is 1. The Morgan fingerprint density at radius 2 is 1.55 bits per heavy atom. The van der Waals surface area contributed by atoms with Crippen LogP contribution in [0.4, 0.5) is 5.82 Å². The normalized spacial score (nSPS) is 22.2. The molecular weight excluding hydrogens is 554 g/mol. The lowest BCUT2D eigenvalue weighted by molar-refractivity contribution is -0.247. The summed E-state index contributed by atoms with van der Waals surface area (Å²) < 4.78 is 33.1. The zero-order valence-electron chi connectivity index (χ0n) is 23.0. The minimum absolute atomic E-state index is 0.0847. The van der Waals surface area contributed by atoms with Crippen LogP contribution in [-0.2, 0) is 59.4 Å². The Morgan fingerprint density at radius 1 is 0.975 bits per heavy atom. The van der Waals surface area contributed by atoms with Crippen LogP contribution in [0.3, 0.4) is 0 Å². The van der Waals surface area contributed by atoms with Crippen molar-refractivity contribution in [3.8, 4) is 0 Å². The third-order valence-electron chi connectivity index (χ3n) is 5.32. The Kier molecular flexibility index (Phi) is 11.7. The highest BCUT2D eigenvalue weighted by Gasteiger charge is 2.52. The fourth-order valence-corrected chi connectivity index (χ4v) is 4.28. The maximum absolute atomic E-state index is 13.2. The Labute approximate surface area is 233 Å². The highest BCUT2D eigenvalue weighted by Crippen LogP contribution is 2.31. The number of nitrogens with zero attached hydrogens (tertiary/aromatic N) is 2. The lowest BCUT2D eigenvalue weighted by Gasteiger charge is -2.44. The lowest BCUT2D eigenvalue weighted by atomic mass is 9.97. The van der Waals surface area contributed by atoms with Crippen molar-refractivity contribution in [3.05, 3.63) is 22.0 Å². The molecule has 220 valence electrons. The molecule has 2 rings (SSSR count). The second kappa shape index (κ2) is 14.5. The molecule has 1 aromatic rings. The monoisotopic (exact) mass is 585 g/mol. The lowest BCUT2D eigenvalue weighted by Crippen LogP contribution is -2.64. The van der Waals surface area contributed by atoms with E-state index >= 15 is 0 Å². The molecule has 0 saturated carbocycles. The van der Waals surface area contributed by atoms with Gasteiger partial charge in [-0.3, -0.25) is 28.5 Å². The third kappa shape index (κ3) is 8.54. The van der Waals surface area contributed by atoms with E-state index in [1.807, 2.05) is 0 Å². The van der Waals surface area contributed by atoms with Crippen LogP contribution in [-0.4, -0.2) is 90.0 Å². The molecule has 16 heteroatoms. The van der Waals surface area contributed by atoms with E-state index in [0.29, 0.717) is 0 Å². The van der Waals surface area contributed by atoms with E-state index in [2.05, 4.69) is 15.0 Å². The minimum atomic E-state index is -1.44. The van der Waals surface area contributed by atoms with Crippen molar-refractivity contribution in [3.63, 3.8) is 0 Å². The summed E-state index contributed by atoms with van der Waals surface area (Å²) in [4.78, 5) is 76.9. The number of carbonyl (C=O) groups is 5. The first-order valence-corrected chi connectivity index (χ1v) is 13.0. The maximum atomic E-state index is 13.2. The summed E-state index contributed by atoms with van der Waals surface area (Å²) in [6, 6.07) is 0. The predicted molar refractivity (Wildman–Crippen MR) is 138 cm³/mol. The van der Waals surface area contributed by atoms with Gasteiger partial charge < -0.3 is 33.7 Å². The molecule has 1 fully saturated rings. The number of ether oxygens (including phenoxy) is 6. The number of rotatable bonds is 10. The van der Waals surface area contributed by atoms with Crippen LogP contribution in [0.15, 0.2) is 16.0 Å². The fraction of sp³-hybridized carbons (Fsp3) is 0.542. The second-order valence-corrected chi connectivity index (χ2v) is 9.12. The molecule has 0 aliphatic carbocycles. The van der Waals surface area contributed by atoms with Crippen molar-refractivity contribution in [2.45, 2.75) is 63.5 Å². The van der Waals surface area contributed by atoms with Crippen molar-refractivity contribution in [2.75, 3.05) is 25.3 Å². The highest BCUT2D eigenvalue weighted by molar-refractivity contribution is 7.98. The molecule has 1 aliphatic rings. The van der Waals surface area contributed by atoms with Gasteiger partial charge in [0.05, 0.1) is 12.7 Å². The Morgan fingerprint density at radius 3 is 2.08 bits per heavy atom. The van der Waals surface area contributed by atoms with Crippen LogP contribution in [0.1, 0.15) is 33.3 Å². The van der Waals surface area contributed by atoms with E-state index in [-0.39, 0.29) is 16.5 Å². The molecule has 0 amide bonds. The SMILES string of the molecule is COC(=O)/C=C/c1c(NC2OC(COC(C)=O)C(OC(C)=O)C(OC(C)=O)C2OC(C)=O)nc(SC)n(C)c1=O. The number of hydrogen-bond acceptors (Lipinski definition) is 15. The number of hydrogen-bond donors (Lipinski definition) is 1. The topological polar surface area (TPSA) is 188 Å². The molecule has 0 aromatic carbocycles. The molecule has 1 N–H and O–H groups in total. The van der Waals surface area contributed by atoms with Gasteiger partial charge >= 0.3 is 29.8 Å². The average molecular weight is 586 g/mol. The van der Waals surface area contributed by atoms with Crippen molar-refractivity contribution < 1.29 is 52.4 Å². The van der Waals surface area contributed by atoms with Crippen LogP contribution >= 0.6 is 11.8 Å². The Balaban J connectivity index is 2.69. The number of methoxy groups -OCH3 is 1. The van der Waals surface area contributed by atoms with Gasteiger partial charge in [0, 0.05) is 40.8 Å². The molecule has 0 bridgehead atoms. The first kappa shape index (κ1) is 32.3. The van der Waals surface area contributed by atoms with Crippen molar-refractivity contribution in [1.29, 1.82) is 0 Å². The highest BCUT2D eigenvalue weighted by atomic mass is 32.2. The van der Waals surface area contributed by atoms with Crippen LogP contribution in [0.2, 0.25) is 0 Å². The van der Waals surface area contributed by atoms with Gasteiger partial charge in [-0.15, -0.1) is 0 Å². The van der Waals surface area contributed by atoms with Gasteiger partial charge in [-0.2, -0.15) is 0 Å². The van der Waals surface area contributed by atoms with Gasteiger partial charge in [0.1, 0.15) is 18.5 Å². The molecule has 5 atom stereocenters. The minimum Gasteiger partial charge on any atom is -0.466 e. The number of aromatic nitrogens is 2. The molecule has 5 unspecified atom stereocenters. The standard InChI is InChI=1S/C24H31N3O12S/c1-11(28)35-10-16-18(36-12(2)29)19(37-13(3)30)20(38-14(4)31)22(39-16)25-21-15(8-9-17(32)34-6)23(33)27(5)24(26-21)40-7/h8-9,16,18-20,22,25H,10H2,1-7H3/b9-8+. The summed E-state index contributed by atoms with van der Waals surface area (Å²) >= 11 is 1.15. The maximum Gasteiger partial charge on any atom is 0.330 e. The summed E-state index contributed by atoms with van der Waals surface area (Å²) in [5.41, 5.74) is -0.633. The van der Waals surface area contributed by atoms with Gasteiger partial charge in [0.15, 0.2) is 29.7 Å². The van der Waals surface area contributed by atoms with E-state index < -0.39 is 72.7 Å². The van der Waals surface area contributed by atoms with Crippen LogP contribution in [0.25, 0.3) is 6.08 Å². The quantitative estimate of drug-likeness (QED) is 0.129. The van der Waals surface area contributed by atoms with Crippen molar-refractivity contribution in [2.24, 2.45) is 7.05 Å². The molecule has 1 aromatic heterocycles. The van der Waals surface area contributed by atoms with E-state index in [4.69, 9.17) is 23.7 Å². The van der Waals surface area contributed by atoms with E-state index in [9.17, 15) is 28.8 Å². The molecule has 40 heavy (non-hydrogen) atoms. The van der Waals surface area contributed by atoms with Crippen molar-refractivity contribution in [1.82, 2.24) is 9.55 Å². The summed E-state index contributed by atoms with van der Waals surface area (Å²) in [6.07, 6.45) is -2.97. The van der Waals surface area contributed by atoms with Gasteiger partial charge in [0.2, 0.25) is 0 Å². The van der Waals surface area contributed by atoms with Crippen LogP contribution in [0, 0.1) is 0 Å². The fourth-order valence-electron chi connectivity index (χ4n) is 3.74. The average Bonchev–Trinajstić information content (AvgIpc) is 2.86. The van der Waals surface area contributed by atoms with Crippen LogP contribution < -0.4 is 10.9 Å². The molecule has 1 saturated heterocycles. The van der Waals surface area contributed by atoms with Crippen LogP contribution in [0.5, 0.6) is 0 Å². The summed E-state index contributed by atoms with van der Waals surface area (Å²) in [5, 5.41) is 3.14. The number of esters is 5. The first-order chi connectivity index (χ1) is 18.8. The van der Waals surface area contributed by atoms with Gasteiger partial charge in [-0.1, -0.05) is 11.8 Å². The summed E-state index contributed by atoms with van der Waals surface area (Å²) in [7, 11) is 2.64. The predicted octanol–water partition coefficient (Wildman–Crippen LogP) is 0.183. The molecular formula is C24H31N3O12S. The molecule has 1 aliphatic heterocycles. The second-order valence-electron chi connectivity index (χ2n) is 8.35. The van der Waals surface area contributed by atoms with Gasteiger partial charge in [0.25, 0.3) is 5.56 Å². The Hall–Kier alpha value is -3.92. The van der Waals surface area contributed by atoms with Crippen molar-refractivity contribution >= 4 is 53.5 Å². The van der Waals surface area contributed by atoms with E-state index in [1.165, 1.54) is 17.7 Å². The zero-order valence-corrected chi connectivity index (χ0v) is 23.8. The smallest absolute Gasteiger partial charge is 0.330 e. The van der Waals surface area contributed by atoms with E-state index in [0.717, 1.165) is 52.6 Å². The zero-order chi connectivity index (χ0) is 30.1.